The van der Waals surface area contributed by atoms with E-state index >= 15 is 0 Å². The molecule has 132 valence electrons. The fraction of sp³-hybridized carbons (Fsp3) is 0.350. The second-order valence-corrected chi connectivity index (χ2v) is 6.13. The summed E-state index contributed by atoms with van der Waals surface area (Å²) in [5.41, 5.74) is 2.74. The van der Waals surface area contributed by atoms with Gasteiger partial charge in [-0.05, 0) is 36.8 Å². The smallest absolute Gasteiger partial charge is 0.251 e. The van der Waals surface area contributed by atoms with E-state index in [4.69, 9.17) is 9.47 Å². The van der Waals surface area contributed by atoms with Gasteiger partial charge in [-0.25, -0.2) is 0 Å². The van der Waals surface area contributed by atoms with Crippen molar-refractivity contribution in [3.8, 4) is 5.75 Å². The third-order valence-corrected chi connectivity index (χ3v) is 4.60. The Morgan fingerprint density at radius 2 is 1.92 bits per heavy atom. The van der Waals surface area contributed by atoms with Crippen LogP contribution in [0.15, 0.2) is 48.5 Å². The summed E-state index contributed by atoms with van der Waals surface area (Å²) in [5, 5.41) is 2.94. The molecule has 1 aliphatic rings. The first-order valence-electron chi connectivity index (χ1n) is 8.49. The molecule has 0 saturated carbocycles. The number of anilines is 1. The Balaban J connectivity index is 1.59. The molecule has 0 radical (unpaired) electrons. The number of nitrogens with zero attached hydrogens (tertiary/aromatic N) is 1. The Bertz CT molecular complexity index is 715. The van der Waals surface area contributed by atoms with Crippen LogP contribution in [-0.2, 0) is 11.3 Å². The Labute approximate surface area is 148 Å². The molecule has 1 atom stereocenters. The molecule has 2 aromatic rings. The summed E-state index contributed by atoms with van der Waals surface area (Å²) in [7, 11) is 3.38. The molecule has 1 aliphatic heterocycles. The first-order chi connectivity index (χ1) is 12.2. The van der Waals surface area contributed by atoms with Crippen molar-refractivity contribution in [1.29, 1.82) is 0 Å². The average molecular weight is 340 g/mol. The number of carbonyl (C=O) groups is 1. The van der Waals surface area contributed by atoms with E-state index in [1.165, 1.54) is 0 Å². The van der Waals surface area contributed by atoms with Crippen molar-refractivity contribution in [2.75, 3.05) is 32.2 Å². The average Bonchev–Trinajstić information content (AvgIpc) is 3.15. The minimum absolute atomic E-state index is 0.0892. The van der Waals surface area contributed by atoms with E-state index in [0.717, 1.165) is 36.5 Å². The van der Waals surface area contributed by atoms with Crippen molar-refractivity contribution in [3.05, 3.63) is 59.7 Å². The van der Waals surface area contributed by atoms with Crippen molar-refractivity contribution in [2.45, 2.75) is 19.1 Å². The monoisotopic (exact) mass is 340 g/mol. The van der Waals surface area contributed by atoms with Crippen molar-refractivity contribution in [3.63, 3.8) is 0 Å². The Morgan fingerprint density at radius 3 is 2.60 bits per heavy atom. The molecule has 2 aromatic carbocycles. The normalized spacial score (nSPS) is 16.7. The zero-order chi connectivity index (χ0) is 17.6. The second kappa shape index (κ2) is 8.03. The molecule has 5 heteroatoms. The fourth-order valence-electron chi connectivity index (χ4n) is 3.11. The predicted octanol–water partition coefficient (Wildman–Crippen LogP) is 2.85. The molecular weight excluding hydrogens is 316 g/mol. The maximum absolute atomic E-state index is 12.4. The number of methoxy groups -OCH3 is 2. The van der Waals surface area contributed by atoms with Crippen molar-refractivity contribution in [2.24, 2.45) is 0 Å². The highest BCUT2D eigenvalue weighted by molar-refractivity contribution is 5.94. The summed E-state index contributed by atoms with van der Waals surface area (Å²) in [5.74, 6) is 0.688. The lowest BCUT2D eigenvalue weighted by Gasteiger charge is -2.18. The molecule has 1 amide bonds. The van der Waals surface area contributed by atoms with Gasteiger partial charge in [-0.1, -0.05) is 18.2 Å². The van der Waals surface area contributed by atoms with E-state index < -0.39 is 0 Å². The fourth-order valence-corrected chi connectivity index (χ4v) is 3.11. The van der Waals surface area contributed by atoms with Gasteiger partial charge in [0.05, 0.1) is 13.2 Å². The molecule has 5 nitrogen and oxygen atoms in total. The van der Waals surface area contributed by atoms with E-state index in [0.29, 0.717) is 18.2 Å². The number of amides is 1. The van der Waals surface area contributed by atoms with E-state index in [1.54, 1.807) is 14.2 Å². The summed E-state index contributed by atoms with van der Waals surface area (Å²) in [6.07, 6.45) is 1.33. The third-order valence-electron chi connectivity index (χ3n) is 4.60. The molecule has 0 aliphatic carbocycles. The molecular formula is C20H24N2O3. The molecule has 1 saturated heterocycles. The van der Waals surface area contributed by atoms with Crippen LogP contribution in [0.4, 0.5) is 5.69 Å². The first-order valence-corrected chi connectivity index (χ1v) is 8.49. The lowest BCUT2D eigenvalue weighted by molar-refractivity contribution is 0.0950. The van der Waals surface area contributed by atoms with Crippen LogP contribution in [0.25, 0.3) is 0 Å². The molecule has 0 aromatic heterocycles. The van der Waals surface area contributed by atoms with Crippen LogP contribution < -0.4 is 15.0 Å². The minimum atomic E-state index is -0.0892. The molecule has 25 heavy (non-hydrogen) atoms. The van der Waals surface area contributed by atoms with Gasteiger partial charge in [0, 0.05) is 43.6 Å². The SMILES string of the molecule is COc1ccccc1CNC(=O)c1ccc(N2CC[C@@H](OC)C2)cc1. The van der Waals surface area contributed by atoms with Gasteiger partial charge in [0.2, 0.25) is 0 Å². The number of hydrogen-bond donors (Lipinski definition) is 1. The number of para-hydroxylation sites is 1. The van der Waals surface area contributed by atoms with Gasteiger partial charge in [0.15, 0.2) is 0 Å². The zero-order valence-electron chi connectivity index (χ0n) is 14.7. The maximum Gasteiger partial charge on any atom is 0.251 e. The highest BCUT2D eigenvalue weighted by atomic mass is 16.5. The quantitative estimate of drug-likeness (QED) is 0.878. The Hall–Kier alpha value is -2.53. The maximum atomic E-state index is 12.4. The van der Waals surface area contributed by atoms with Crippen LogP contribution >= 0.6 is 0 Å². The van der Waals surface area contributed by atoms with Crippen LogP contribution in [-0.4, -0.2) is 39.3 Å². The largest absolute Gasteiger partial charge is 0.496 e. The molecule has 1 fully saturated rings. The molecule has 1 heterocycles. The highest BCUT2D eigenvalue weighted by Gasteiger charge is 2.22. The predicted molar refractivity (Wildman–Crippen MR) is 98.2 cm³/mol. The Kier molecular flexibility index (Phi) is 5.56. The van der Waals surface area contributed by atoms with Gasteiger partial charge < -0.3 is 19.7 Å². The van der Waals surface area contributed by atoms with Gasteiger partial charge >= 0.3 is 0 Å². The van der Waals surface area contributed by atoms with Gasteiger partial charge in [-0.15, -0.1) is 0 Å². The standard InChI is InChI=1S/C20H24N2O3/c1-24-18-11-12-22(14-18)17-9-7-15(8-10-17)20(23)21-13-16-5-3-4-6-19(16)25-2/h3-10,18H,11-14H2,1-2H3,(H,21,23)/t18-/m1/s1. The van der Waals surface area contributed by atoms with Gasteiger partial charge in [0.25, 0.3) is 5.91 Å². The zero-order valence-corrected chi connectivity index (χ0v) is 14.7. The first kappa shape index (κ1) is 17.3. The molecule has 0 unspecified atom stereocenters. The van der Waals surface area contributed by atoms with Gasteiger partial charge in [-0.2, -0.15) is 0 Å². The number of rotatable bonds is 6. The van der Waals surface area contributed by atoms with E-state index in [-0.39, 0.29) is 5.91 Å². The summed E-state index contributed by atoms with van der Waals surface area (Å²) in [6.45, 7) is 2.32. The van der Waals surface area contributed by atoms with E-state index in [2.05, 4.69) is 10.2 Å². The van der Waals surface area contributed by atoms with Crippen LogP contribution in [0.3, 0.4) is 0 Å². The third kappa shape index (κ3) is 4.12. The van der Waals surface area contributed by atoms with Crippen LogP contribution in [0.1, 0.15) is 22.3 Å². The van der Waals surface area contributed by atoms with E-state index in [9.17, 15) is 4.79 Å². The van der Waals surface area contributed by atoms with Crippen LogP contribution in [0.2, 0.25) is 0 Å². The molecule has 1 N–H and O–H groups in total. The lowest BCUT2D eigenvalue weighted by atomic mass is 10.1. The van der Waals surface area contributed by atoms with Gasteiger partial charge in [-0.3, -0.25) is 4.79 Å². The van der Waals surface area contributed by atoms with Crippen LogP contribution in [0, 0.1) is 0 Å². The van der Waals surface area contributed by atoms with Crippen LogP contribution in [0.5, 0.6) is 5.75 Å². The summed E-state index contributed by atoms with van der Waals surface area (Å²) in [6, 6.07) is 15.4. The second-order valence-electron chi connectivity index (χ2n) is 6.13. The number of hydrogen-bond acceptors (Lipinski definition) is 4. The lowest BCUT2D eigenvalue weighted by Crippen LogP contribution is -2.24. The Morgan fingerprint density at radius 1 is 1.16 bits per heavy atom. The summed E-state index contributed by atoms with van der Waals surface area (Å²) in [4.78, 5) is 14.6. The number of nitrogens with one attached hydrogen (secondary N) is 1. The highest BCUT2D eigenvalue weighted by Crippen LogP contribution is 2.22. The number of benzene rings is 2. The molecule has 0 spiro atoms. The van der Waals surface area contributed by atoms with E-state index in [1.807, 2.05) is 48.5 Å². The van der Waals surface area contributed by atoms with Gasteiger partial charge in [0.1, 0.15) is 5.75 Å². The van der Waals surface area contributed by atoms with Crippen molar-refractivity contribution in [1.82, 2.24) is 5.32 Å². The summed E-state index contributed by atoms with van der Waals surface area (Å²) < 4.78 is 10.7. The van der Waals surface area contributed by atoms with Crippen molar-refractivity contribution >= 4 is 11.6 Å². The topological polar surface area (TPSA) is 50.8 Å². The summed E-state index contributed by atoms with van der Waals surface area (Å²) >= 11 is 0. The molecule has 0 bridgehead atoms. The molecule has 3 rings (SSSR count). The van der Waals surface area contributed by atoms with Crippen molar-refractivity contribution < 1.29 is 14.3 Å². The minimum Gasteiger partial charge on any atom is -0.496 e. The number of ether oxygens (including phenoxy) is 2. The number of carbonyl (C=O) groups excluding carboxylic acids is 1.